The summed E-state index contributed by atoms with van der Waals surface area (Å²) >= 11 is 0. The summed E-state index contributed by atoms with van der Waals surface area (Å²) in [6.07, 6.45) is 9.05. The van der Waals surface area contributed by atoms with Crippen LogP contribution in [0.25, 0.3) is 5.70 Å². The van der Waals surface area contributed by atoms with Crippen molar-refractivity contribution in [3.05, 3.63) is 91.1 Å². The Labute approximate surface area is 200 Å². The highest BCUT2D eigenvalue weighted by Gasteiger charge is 2.57. The van der Waals surface area contributed by atoms with Gasteiger partial charge in [-0.1, -0.05) is 48.6 Å². The fourth-order valence-corrected chi connectivity index (χ4v) is 6.00. The molecule has 2 aromatic heterocycles. The molecule has 0 saturated heterocycles. The molecule has 13 nitrogen and oxygen atoms in total. The van der Waals surface area contributed by atoms with Gasteiger partial charge in [-0.15, -0.1) is 0 Å². The number of rotatable bonds is 7. The highest BCUT2D eigenvalue weighted by atomic mass is 32.3. The van der Waals surface area contributed by atoms with Crippen molar-refractivity contribution in [1.29, 1.82) is 0 Å². The predicted octanol–water partition coefficient (Wildman–Crippen LogP) is 1.59. The van der Waals surface area contributed by atoms with Crippen LogP contribution in [0.3, 0.4) is 0 Å². The van der Waals surface area contributed by atoms with E-state index in [-0.39, 0.29) is 17.6 Å². The normalized spacial score (nSPS) is 15.9. The molecule has 35 heavy (non-hydrogen) atoms. The minimum atomic E-state index is -5.38. The lowest BCUT2D eigenvalue weighted by molar-refractivity contribution is 0.434. The van der Waals surface area contributed by atoms with Gasteiger partial charge in [-0.3, -0.25) is 9.11 Å². The van der Waals surface area contributed by atoms with Gasteiger partial charge in [0.15, 0.2) is 0 Å². The molecule has 0 saturated carbocycles. The van der Waals surface area contributed by atoms with E-state index >= 15 is 0 Å². The highest BCUT2D eigenvalue weighted by molar-refractivity contribution is 8.05. The summed E-state index contributed by atoms with van der Waals surface area (Å²) in [5, 5.41) is 0. The lowest BCUT2D eigenvalue weighted by atomic mass is 10.00. The number of hydrogen-bond donors (Lipinski definition) is 2. The molecule has 2 heterocycles. The van der Waals surface area contributed by atoms with Crippen LogP contribution in [0.1, 0.15) is 12.0 Å². The molecule has 0 fully saturated rings. The summed E-state index contributed by atoms with van der Waals surface area (Å²) in [6.45, 7) is 0. The number of allylic oxidation sites excluding steroid dienone is 4. The van der Waals surface area contributed by atoms with Gasteiger partial charge in [-0.25, -0.2) is 34.8 Å². The molecule has 0 aliphatic heterocycles. The SMILES string of the molecule is O=S(=O)(O)C1(S(=O)(=O)O)CC=CC=C1C=C(c1ccccc1)N(c1ncncn1)c1ncncn1. The number of benzene rings is 1. The van der Waals surface area contributed by atoms with Gasteiger partial charge in [-0.05, 0) is 17.2 Å². The van der Waals surface area contributed by atoms with Crippen LogP contribution in [0.2, 0.25) is 0 Å². The first-order chi connectivity index (χ1) is 16.6. The molecule has 4 rings (SSSR count). The number of hydrogen-bond acceptors (Lipinski definition) is 11. The van der Waals surface area contributed by atoms with Crippen LogP contribution in [0.4, 0.5) is 11.9 Å². The number of nitrogens with zero attached hydrogens (tertiary/aromatic N) is 7. The Kier molecular flexibility index (Phi) is 6.49. The van der Waals surface area contributed by atoms with E-state index in [1.165, 1.54) is 48.4 Å². The van der Waals surface area contributed by atoms with Gasteiger partial charge in [0.25, 0.3) is 24.3 Å². The van der Waals surface area contributed by atoms with Gasteiger partial charge in [0.2, 0.25) is 11.9 Å². The van der Waals surface area contributed by atoms with Crippen molar-refractivity contribution < 1.29 is 25.9 Å². The first-order valence-corrected chi connectivity index (χ1v) is 12.7. The second kappa shape index (κ2) is 9.38. The molecule has 180 valence electrons. The van der Waals surface area contributed by atoms with Crippen LogP contribution in [0.5, 0.6) is 0 Å². The molecule has 0 spiro atoms. The summed E-state index contributed by atoms with van der Waals surface area (Å²) < 4.78 is 66.6. The fourth-order valence-electron chi connectivity index (χ4n) is 3.47. The first-order valence-electron chi connectivity index (χ1n) is 9.78. The maximum atomic E-state index is 12.4. The molecule has 2 N–H and O–H groups in total. The van der Waals surface area contributed by atoms with Crippen LogP contribution in [0, 0.1) is 0 Å². The molecule has 1 aliphatic carbocycles. The van der Waals surface area contributed by atoms with E-state index in [0.29, 0.717) is 5.56 Å². The molecular weight excluding hydrogens is 498 g/mol. The minimum Gasteiger partial charge on any atom is -0.284 e. The van der Waals surface area contributed by atoms with E-state index in [1.54, 1.807) is 30.3 Å². The van der Waals surface area contributed by atoms with Crippen molar-refractivity contribution in [2.75, 3.05) is 4.90 Å². The molecule has 0 atom stereocenters. The van der Waals surface area contributed by atoms with E-state index in [1.807, 2.05) is 0 Å². The van der Waals surface area contributed by atoms with Crippen molar-refractivity contribution in [1.82, 2.24) is 29.9 Å². The van der Waals surface area contributed by atoms with Gasteiger partial charge < -0.3 is 0 Å². The Bertz CT molecular complexity index is 1440. The molecule has 0 unspecified atom stereocenters. The smallest absolute Gasteiger partial charge is 0.284 e. The van der Waals surface area contributed by atoms with Crippen LogP contribution < -0.4 is 4.90 Å². The van der Waals surface area contributed by atoms with Gasteiger partial charge in [0.05, 0.1) is 5.70 Å². The molecular formula is C20H17N7O6S2. The van der Waals surface area contributed by atoms with Crippen LogP contribution in [-0.2, 0) is 20.2 Å². The van der Waals surface area contributed by atoms with Crippen LogP contribution >= 0.6 is 0 Å². The molecule has 15 heteroatoms. The zero-order valence-corrected chi connectivity index (χ0v) is 19.3. The van der Waals surface area contributed by atoms with Crippen LogP contribution in [0.15, 0.2) is 85.5 Å². The second-order valence-electron chi connectivity index (χ2n) is 7.06. The predicted molar refractivity (Wildman–Crippen MR) is 124 cm³/mol. The maximum absolute atomic E-state index is 12.4. The standard InChI is InChI=1S/C20H17N7O6S2/c28-34(29,30)20(35(31,32)33)9-5-4-8-16(20)10-17(15-6-2-1-3-7-15)27(18-23-11-21-12-24-18)19-25-13-22-14-26-19/h1-8,10-14H,9H2,(H,28,29,30)(H,31,32,33). The van der Waals surface area contributed by atoms with E-state index in [9.17, 15) is 25.9 Å². The topological polar surface area (TPSA) is 189 Å². The average molecular weight is 516 g/mol. The summed E-state index contributed by atoms with van der Waals surface area (Å²) in [6, 6.07) is 8.43. The zero-order valence-electron chi connectivity index (χ0n) is 17.7. The summed E-state index contributed by atoms with van der Waals surface area (Å²) in [5.41, 5.74) is 0.140. The number of aromatic nitrogens is 6. The van der Waals surface area contributed by atoms with E-state index in [0.717, 1.165) is 6.08 Å². The molecule has 0 bridgehead atoms. The Balaban J connectivity index is 2.06. The van der Waals surface area contributed by atoms with Gasteiger partial charge in [0, 0.05) is 6.42 Å². The quantitative estimate of drug-likeness (QED) is 0.432. The zero-order chi connectivity index (χ0) is 25.1. The van der Waals surface area contributed by atoms with Crippen molar-refractivity contribution in [2.24, 2.45) is 0 Å². The molecule has 1 aromatic carbocycles. The third-order valence-corrected chi connectivity index (χ3v) is 8.77. The van der Waals surface area contributed by atoms with Crippen LogP contribution in [-0.4, -0.2) is 59.9 Å². The fraction of sp³-hybridized carbons (Fsp3) is 0.100. The van der Waals surface area contributed by atoms with E-state index in [4.69, 9.17) is 0 Å². The molecule has 0 amide bonds. The Morgan fingerprint density at radius 3 is 1.86 bits per heavy atom. The lowest BCUT2D eigenvalue weighted by Crippen LogP contribution is -2.47. The Morgan fingerprint density at radius 2 is 1.37 bits per heavy atom. The molecule has 0 radical (unpaired) electrons. The summed E-state index contributed by atoms with van der Waals surface area (Å²) in [4.78, 5) is 25.4. The number of anilines is 2. The Morgan fingerprint density at radius 1 is 0.857 bits per heavy atom. The average Bonchev–Trinajstić information content (AvgIpc) is 2.84. The monoisotopic (exact) mass is 515 g/mol. The van der Waals surface area contributed by atoms with Gasteiger partial charge in [0.1, 0.15) is 25.3 Å². The van der Waals surface area contributed by atoms with Gasteiger partial charge >= 0.3 is 0 Å². The lowest BCUT2D eigenvalue weighted by Gasteiger charge is -2.31. The van der Waals surface area contributed by atoms with Crippen molar-refractivity contribution >= 4 is 37.8 Å². The van der Waals surface area contributed by atoms with E-state index < -0.39 is 36.3 Å². The summed E-state index contributed by atoms with van der Waals surface area (Å²) in [5.74, 6) is 0.0233. The van der Waals surface area contributed by atoms with Crippen molar-refractivity contribution in [3.63, 3.8) is 0 Å². The summed E-state index contributed by atoms with van der Waals surface area (Å²) in [7, 11) is -10.8. The van der Waals surface area contributed by atoms with E-state index in [2.05, 4.69) is 29.9 Å². The highest BCUT2D eigenvalue weighted by Crippen LogP contribution is 2.41. The Hall–Kier alpha value is -3.92. The third kappa shape index (κ3) is 4.57. The van der Waals surface area contributed by atoms with Crippen molar-refractivity contribution in [3.8, 4) is 0 Å². The second-order valence-corrected chi connectivity index (χ2v) is 10.6. The third-order valence-electron chi connectivity index (χ3n) is 5.03. The minimum absolute atomic E-state index is 0.0116. The van der Waals surface area contributed by atoms with Crippen molar-refractivity contribution in [2.45, 2.75) is 10.5 Å². The van der Waals surface area contributed by atoms with Gasteiger partial charge in [-0.2, -0.15) is 16.8 Å². The first kappa shape index (κ1) is 24.2. The largest absolute Gasteiger partial charge is 0.292 e. The molecule has 3 aromatic rings. The maximum Gasteiger partial charge on any atom is 0.292 e. The molecule has 1 aliphatic rings.